The lowest BCUT2D eigenvalue weighted by Gasteiger charge is -2.12. The Labute approximate surface area is 161 Å². The van der Waals surface area contributed by atoms with Crippen LogP contribution < -0.4 is 0 Å². The molecule has 1 aromatic carbocycles. The molecule has 0 saturated heterocycles. The first-order valence-corrected chi connectivity index (χ1v) is 9.35. The van der Waals surface area contributed by atoms with Crippen molar-refractivity contribution in [2.75, 3.05) is 0 Å². The van der Waals surface area contributed by atoms with Crippen molar-refractivity contribution in [3.63, 3.8) is 0 Å². The molecule has 2 aromatic rings. The van der Waals surface area contributed by atoms with Crippen molar-refractivity contribution in [3.05, 3.63) is 78.2 Å². The SMILES string of the molecule is CC(=O)C(C)Cc1ccc(-c2ncc(C3=CC=CC(C)(C)C=C3)cn2)cc1. The Bertz CT molecular complexity index is 900. The van der Waals surface area contributed by atoms with E-state index in [9.17, 15) is 4.79 Å². The van der Waals surface area contributed by atoms with E-state index < -0.39 is 0 Å². The van der Waals surface area contributed by atoms with Gasteiger partial charge in [0.15, 0.2) is 5.82 Å². The smallest absolute Gasteiger partial charge is 0.159 e. The van der Waals surface area contributed by atoms with E-state index in [2.05, 4.69) is 66.3 Å². The summed E-state index contributed by atoms with van der Waals surface area (Å²) in [6.07, 6.45) is 15.2. The van der Waals surface area contributed by atoms with Gasteiger partial charge in [0.2, 0.25) is 0 Å². The molecule has 3 heteroatoms. The van der Waals surface area contributed by atoms with Crippen LogP contribution in [0.15, 0.2) is 67.0 Å². The molecule has 1 heterocycles. The average molecular weight is 358 g/mol. The summed E-state index contributed by atoms with van der Waals surface area (Å²) in [6, 6.07) is 8.14. The van der Waals surface area contributed by atoms with Crippen LogP contribution in [0.1, 0.15) is 38.8 Å². The molecule has 27 heavy (non-hydrogen) atoms. The van der Waals surface area contributed by atoms with Gasteiger partial charge in [0.25, 0.3) is 0 Å². The number of carbonyl (C=O) groups is 1. The van der Waals surface area contributed by atoms with Crippen LogP contribution in [0.3, 0.4) is 0 Å². The van der Waals surface area contributed by atoms with Crippen LogP contribution in [0.2, 0.25) is 0 Å². The van der Waals surface area contributed by atoms with Crippen LogP contribution in [-0.4, -0.2) is 15.8 Å². The maximum Gasteiger partial charge on any atom is 0.159 e. The number of nitrogens with zero attached hydrogens (tertiary/aromatic N) is 2. The highest BCUT2D eigenvalue weighted by molar-refractivity contribution is 5.78. The van der Waals surface area contributed by atoms with Crippen molar-refractivity contribution < 1.29 is 4.79 Å². The van der Waals surface area contributed by atoms with Crippen LogP contribution >= 0.6 is 0 Å². The maximum atomic E-state index is 11.4. The Balaban J connectivity index is 1.75. The predicted molar refractivity (Wildman–Crippen MR) is 111 cm³/mol. The van der Waals surface area contributed by atoms with E-state index in [-0.39, 0.29) is 17.1 Å². The Hall–Kier alpha value is -2.81. The fraction of sp³-hybridized carbons (Fsp3) is 0.292. The van der Waals surface area contributed by atoms with Crippen LogP contribution in [0.25, 0.3) is 17.0 Å². The molecule has 0 N–H and O–H groups in total. The molecule has 3 nitrogen and oxygen atoms in total. The number of hydrogen-bond donors (Lipinski definition) is 0. The molecule has 0 bridgehead atoms. The number of ketones is 1. The Morgan fingerprint density at radius 1 is 1.04 bits per heavy atom. The molecule has 0 fully saturated rings. The fourth-order valence-electron chi connectivity index (χ4n) is 2.92. The molecule has 1 aliphatic rings. The van der Waals surface area contributed by atoms with Gasteiger partial charge in [0.05, 0.1) is 0 Å². The third-order valence-corrected chi connectivity index (χ3v) is 4.93. The zero-order chi connectivity index (χ0) is 19.4. The number of benzene rings is 1. The molecule has 0 radical (unpaired) electrons. The maximum absolute atomic E-state index is 11.4. The minimum absolute atomic E-state index is 0.0475. The van der Waals surface area contributed by atoms with Gasteiger partial charge in [-0.1, -0.05) is 75.4 Å². The van der Waals surface area contributed by atoms with Crippen molar-refractivity contribution in [1.29, 1.82) is 0 Å². The minimum atomic E-state index is 0.0475. The van der Waals surface area contributed by atoms with Crippen LogP contribution in [0, 0.1) is 11.3 Å². The van der Waals surface area contributed by atoms with E-state index in [0.29, 0.717) is 5.82 Å². The third-order valence-electron chi connectivity index (χ3n) is 4.93. The van der Waals surface area contributed by atoms with E-state index in [1.54, 1.807) is 6.92 Å². The second kappa shape index (κ2) is 7.83. The number of aromatic nitrogens is 2. The van der Waals surface area contributed by atoms with Gasteiger partial charge in [-0.3, -0.25) is 4.79 Å². The van der Waals surface area contributed by atoms with Crippen molar-refractivity contribution in [1.82, 2.24) is 9.97 Å². The molecule has 3 rings (SSSR count). The van der Waals surface area contributed by atoms with Crippen molar-refractivity contribution in [2.24, 2.45) is 11.3 Å². The van der Waals surface area contributed by atoms with Gasteiger partial charge < -0.3 is 0 Å². The summed E-state index contributed by atoms with van der Waals surface area (Å²) in [7, 11) is 0. The normalized spacial score (nSPS) is 16.5. The van der Waals surface area contributed by atoms with E-state index >= 15 is 0 Å². The summed E-state index contributed by atoms with van der Waals surface area (Å²) in [6.45, 7) is 7.96. The van der Waals surface area contributed by atoms with Gasteiger partial charge in [-0.05, 0) is 24.5 Å². The summed E-state index contributed by atoms with van der Waals surface area (Å²) < 4.78 is 0. The first kappa shape index (κ1) is 19.0. The standard InChI is InChI=1S/C24H26N2O/c1-17(18(2)27)14-19-7-9-21(10-8-19)23-25-15-22(16-26-23)20-6-5-12-24(3,4)13-11-20/h5-13,15-17H,14H2,1-4H3. The average Bonchev–Trinajstić information content (AvgIpc) is 2.83. The molecule has 1 aromatic heterocycles. The number of rotatable bonds is 5. The van der Waals surface area contributed by atoms with Crippen molar-refractivity contribution >= 4 is 11.4 Å². The number of allylic oxidation sites excluding steroid dienone is 6. The van der Waals surface area contributed by atoms with Crippen LogP contribution in [0.4, 0.5) is 0 Å². The number of Topliss-reactive ketones (excluding diaryl/α,β-unsaturated/α-hetero) is 1. The molecule has 1 unspecified atom stereocenters. The van der Waals surface area contributed by atoms with E-state index in [4.69, 9.17) is 0 Å². The molecule has 1 atom stereocenters. The summed E-state index contributed by atoms with van der Waals surface area (Å²) >= 11 is 0. The first-order chi connectivity index (χ1) is 12.8. The molecule has 0 amide bonds. The molecular formula is C24H26N2O. The first-order valence-electron chi connectivity index (χ1n) is 9.35. The van der Waals surface area contributed by atoms with Gasteiger partial charge in [-0.2, -0.15) is 0 Å². The lowest BCUT2D eigenvalue weighted by Crippen LogP contribution is -2.09. The molecule has 1 aliphatic carbocycles. The summed E-state index contributed by atoms with van der Waals surface area (Å²) in [5, 5.41) is 0. The summed E-state index contributed by atoms with van der Waals surface area (Å²) in [5.41, 5.74) is 4.30. The second-order valence-corrected chi connectivity index (χ2v) is 7.84. The molecule has 138 valence electrons. The highest BCUT2D eigenvalue weighted by Gasteiger charge is 2.12. The van der Waals surface area contributed by atoms with E-state index in [1.165, 1.54) is 0 Å². The Morgan fingerprint density at radius 2 is 1.70 bits per heavy atom. The molecule has 0 aliphatic heterocycles. The van der Waals surface area contributed by atoms with Gasteiger partial charge >= 0.3 is 0 Å². The van der Waals surface area contributed by atoms with E-state index in [1.807, 2.05) is 31.5 Å². The van der Waals surface area contributed by atoms with Crippen molar-refractivity contribution in [2.45, 2.75) is 34.1 Å². The number of carbonyl (C=O) groups excluding carboxylic acids is 1. The highest BCUT2D eigenvalue weighted by atomic mass is 16.1. The topological polar surface area (TPSA) is 42.9 Å². The lowest BCUT2D eigenvalue weighted by molar-refractivity contribution is -0.120. The highest BCUT2D eigenvalue weighted by Crippen LogP contribution is 2.26. The quantitative estimate of drug-likeness (QED) is 0.714. The summed E-state index contributed by atoms with van der Waals surface area (Å²) in [4.78, 5) is 20.5. The van der Waals surface area contributed by atoms with Gasteiger partial charge in [-0.25, -0.2) is 9.97 Å². The monoisotopic (exact) mass is 358 g/mol. The number of hydrogen-bond acceptors (Lipinski definition) is 3. The van der Waals surface area contributed by atoms with Crippen LogP contribution in [-0.2, 0) is 11.2 Å². The Kier molecular flexibility index (Phi) is 5.50. The van der Waals surface area contributed by atoms with Gasteiger partial charge in [0, 0.05) is 34.9 Å². The minimum Gasteiger partial charge on any atom is -0.300 e. The third kappa shape index (κ3) is 4.88. The largest absolute Gasteiger partial charge is 0.300 e. The second-order valence-electron chi connectivity index (χ2n) is 7.84. The Morgan fingerprint density at radius 3 is 2.33 bits per heavy atom. The van der Waals surface area contributed by atoms with E-state index in [0.717, 1.165) is 28.7 Å². The van der Waals surface area contributed by atoms with Gasteiger partial charge in [0.1, 0.15) is 5.78 Å². The molecule has 0 saturated carbocycles. The molecular weight excluding hydrogens is 332 g/mol. The van der Waals surface area contributed by atoms with Crippen LogP contribution in [0.5, 0.6) is 0 Å². The van der Waals surface area contributed by atoms with Gasteiger partial charge in [-0.15, -0.1) is 0 Å². The molecule has 0 spiro atoms. The van der Waals surface area contributed by atoms with Crippen molar-refractivity contribution in [3.8, 4) is 11.4 Å². The zero-order valence-electron chi connectivity index (χ0n) is 16.4. The lowest BCUT2D eigenvalue weighted by atomic mass is 9.93. The summed E-state index contributed by atoms with van der Waals surface area (Å²) in [5.74, 6) is 0.975. The predicted octanol–water partition coefficient (Wildman–Crippen LogP) is 5.45. The zero-order valence-corrected chi connectivity index (χ0v) is 16.4. The fourth-order valence-corrected chi connectivity index (χ4v) is 2.92.